The third-order valence-corrected chi connectivity index (χ3v) is 5.06. The quantitative estimate of drug-likeness (QED) is 0.692. The first-order chi connectivity index (χ1) is 13.1. The topological polar surface area (TPSA) is 58.1 Å². The molecule has 2 heterocycles. The number of anilines is 2. The number of aromatic nitrogens is 2. The first-order valence-electron chi connectivity index (χ1n) is 8.50. The van der Waals surface area contributed by atoms with Gasteiger partial charge >= 0.3 is 0 Å². The van der Waals surface area contributed by atoms with Crippen molar-refractivity contribution in [1.82, 2.24) is 14.9 Å². The Hall–Kier alpha value is -2.63. The Morgan fingerprint density at radius 3 is 2.56 bits per heavy atom. The molecule has 2 aromatic carbocycles. The minimum absolute atomic E-state index is 0.0724. The summed E-state index contributed by atoms with van der Waals surface area (Å²) in [4.78, 5) is 23.1. The average Bonchev–Trinajstić information content (AvgIpc) is 2.70. The summed E-state index contributed by atoms with van der Waals surface area (Å²) in [7, 11) is 0. The van der Waals surface area contributed by atoms with E-state index in [2.05, 4.69) is 27.4 Å². The second-order valence-corrected chi connectivity index (χ2v) is 7.13. The predicted octanol–water partition coefficient (Wildman–Crippen LogP) is 4.73. The second-order valence-electron chi connectivity index (χ2n) is 6.29. The highest BCUT2D eigenvalue weighted by atomic mass is 35.5. The second kappa shape index (κ2) is 7.55. The van der Waals surface area contributed by atoms with Crippen LogP contribution in [0.3, 0.4) is 0 Å². The molecular weight excluding hydrogens is 383 g/mol. The van der Waals surface area contributed by atoms with Gasteiger partial charge in [-0.1, -0.05) is 47.5 Å². The van der Waals surface area contributed by atoms with Gasteiger partial charge in [0.15, 0.2) is 0 Å². The molecule has 0 radical (unpaired) electrons. The maximum absolute atomic E-state index is 12.8. The number of amides is 1. The molecule has 0 unspecified atom stereocenters. The molecule has 1 aliphatic heterocycles. The molecule has 136 valence electrons. The third kappa shape index (κ3) is 3.89. The van der Waals surface area contributed by atoms with Crippen molar-refractivity contribution in [1.29, 1.82) is 0 Å². The molecule has 0 fully saturated rings. The van der Waals surface area contributed by atoms with Gasteiger partial charge in [0, 0.05) is 30.5 Å². The van der Waals surface area contributed by atoms with Crippen molar-refractivity contribution in [2.75, 3.05) is 11.9 Å². The molecule has 4 rings (SSSR count). The average molecular weight is 399 g/mol. The van der Waals surface area contributed by atoms with E-state index in [9.17, 15) is 4.79 Å². The molecule has 0 saturated carbocycles. The molecule has 0 aliphatic carbocycles. The number of benzene rings is 2. The van der Waals surface area contributed by atoms with E-state index < -0.39 is 0 Å². The number of hydrogen-bond donors (Lipinski definition) is 1. The Kier molecular flexibility index (Phi) is 4.97. The van der Waals surface area contributed by atoms with Crippen molar-refractivity contribution >= 4 is 40.7 Å². The molecule has 1 aromatic heterocycles. The monoisotopic (exact) mass is 398 g/mol. The molecule has 1 amide bonds. The number of halogens is 2. The van der Waals surface area contributed by atoms with Crippen molar-refractivity contribution in [3.05, 3.63) is 81.6 Å². The molecule has 27 heavy (non-hydrogen) atoms. The van der Waals surface area contributed by atoms with Gasteiger partial charge < -0.3 is 10.2 Å². The Bertz CT molecular complexity index is 992. The van der Waals surface area contributed by atoms with Gasteiger partial charge in [-0.05, 0) is 35.7 Å². The molecule has 0 atom stereocenters. The Morgan fingerprint density at radius 1 is 1.04 bits per heavy atom. The van der Waals surface area contributed by atoms with Crippen LogP contribution in [0.15, 0.2) is 54.9 Å². The van der Waals surface area contributed by atoms with Crippen molar-refractivity contribution in [3.63, 3.8) is 0 Å². The van der Waals surface area contributed by atoms with Crippen LogP contribution in [0.4, 0.5) is 11.6 Å². The summed E-state index contributed by atoms with van der Waals surface area (Å²) in [6, 6.07) is 13.3. The third-order valence-electron chi connectivity index (χ3n) is 4.49. The summed E-state index contributed by atoms with van der Waals surface area (Å²) >= 11 is 12.1. The minimum Gasteiger partial charge on any atom is -0.334 e. The SMILES string of the molecule is O=C(c1cnc(Nc2cc(Cl)ccc2Cl)nc1)N1CCc2ccccc2C1. The number of carbonyl (C=O) groups is 1. The van der Waals surface area contributed by atoms with Crippen molar-refractivity contribution in [3.8, 4) is 0 Å². The van der Waals surface area contributed by atoms with Crippen LogP contribution in [0.2, 0.25) is 10.0 Å². The molecule has 1 aliphatic rings. The summed E-state index contributed by atoms with van der Waals surface area (Å²) in [5.74, 6) is 0.275. The van der Waals surface area contributed by atoms with E-state index in [1.165, 1.54) is 23.5 Å². The molecule has 0 bridgehead atoms. The zero-order chi connectivity index (χ0) is 18.8. The summed E-state index contributed by atoms with van der Waals surface area (Å²) in [6.07, 6.45) is 3.91. The Morgan fingerprint density at radius 2 is 1.78 bits per heavy atom. The fourth-order valence-electron chi connectivity index (χ4n) is 3.07. The number of carbonyl (C=O) groups excluding carboxylic acids is 1. The summed E-state index contributed by atoms with van der Waals surface area (Å²) in [5, 5.41) is 4.07. The number of nitrogens with zero attached hydrogens (tertiary/aromatic N) is 3. The zero-order valence-electron chi connectivity index (χ0n) is 14.3. The molecule has 1 N–H and O–H groups in total. The molecule has 3 aromatic rings. The summed E-state index contributed by atoms with van der Waals surface area (Å²) < 4.78 is 0. The van der Waals surface area contributed by atoms with Gasteiger partial charge in [0.2, 0.25) is 5.95 Å². The highest BCUT2D eigenvalue weighted by Crippen LogP contribution is 2.27. The van der Waals surface area contributed by atoms with E-state index in [0.29, 0.717) is 40.3 Å². The molecule has 0 saturated heterocycles. The van der Waals surface area contributed by atoms with Crippen LogP contribution in [0.25, 0.3) is 0 Å². The number of nitrogens with one attached hydrogen (secondary N) is 1. The van der Waals surface area contributed by atoms with Gasteiger partial charge in [0.05, 0.1) is 16.3 Å². The Balaban J connectivity index is 1.47. The molecule has 5 nitrogen and oxygen atoms in total. The lowest BCUT2D eigenvalue weighted by molar-refractivity contribution is 0.0734. The molecular formula is C20H16Cl2N4O. The van der Waals surface area contributed by atoms with Crippen LogP contribution in [0.1, 0.15) is 21.5 Å². The van der Waals surface area contributed by atoms with E-state index in [1.807, 2.05) is 17.0 Å². The van der Waals surface area contributed by atoms with Gasteiger partial charge in [0.1, 0.15) is 0 Å². The largest absolute Gasteiger partial charge is 0.334 e. The van der Waals surface area contributed by atoms with Crippen LogP contribution in [0, 0.1) is 0 Å². The van der Waals surface area contributed by atoms with Crippen LogP contribution >= 0.6 is 23.2 Å². The standard InChI is InChI=1S/C20H16Cl2N4O/c21-16-5-6-17(22)18(9-16)25-20-23-10-15(11-24-20)19(27)26-8-7-13-3-1-2-4-14(13)12-26/h1-6,9-11H,7-8,12H2,(H,23,24,25). The smallest absolute Gasteiger partial charge is 0.257 e. The van der Waals surface area contributed by atoms with Crippen molar-refractivity contribution in [2.45, 2.75) is 13.0 Å². The van der Waals surface area contributed by atoms with Crippen LogP contribution in [-0.4, -0.2) is 27.3 Å². The van der Waals surface area contributed by atoms with E-state index in [-0.39, 0.29) is 5.91 Å². The van der Waals surface area contributed by atoms with E-state index in [4.69, 9.17) is 23.2 Å². The van der Waals surface area contributed by atoms with Gasteiger partial charge in [-0.3, -0.25) is 4.79 Å². The maximum Gasteiger partial charge on any atom is 0.257 e. The van der Waals surface area contributed by atoms with Gasteiger partial charge in [0.25, 0.3) is 5.91 Å². The highest BCUT2D eigenvalue weighted by molar-refractivity contribution is 6.35. The summed E-state index contributed by atoms with van der Waals surface area (Å²) in [5.41, 5.74) is 3.55. The first-order valence-corrected chi connectivity index (χ1v) is 9.26. The predicted molar refractivity (Wildman–Crippen MR) is 107 cm³/mol. The Labute approximate surface area is 167 Å². The van der Waals surface area contributed by atoms with Crippen molar-refractivity contribution < 1.29 is 4.79 Å². The highest BCUT2D eigenvalue weighted by Gasteiger charge is 2.22. The summed E-state index contributed by atoms with van der Waals surface area (Å²) in [6.45, 7) is 1.29. The molecule has 0 spiro atoms. The zero-order valence-corrected chi connectivity index (χ0v) is 15.8. The van der Waals surface area contributed by atoms with Gasteiger partial charge in [-0.25, -0.2) is 9.97 Å². The van der Waals surface area contributed by atoms with E-state index in [0.717, 1.165) is 6.42 Å². The van der Waals surface area contributed by atoms with Crippen LogP contribution in [0.5, 0.6) is 0 Å². The van der Waals surface area contributed by atoms with Gasteiger partial charge in [-0.2, -0.15) is 0 Å². The molecule has 7 heteroatoms. The lowest BCUT2D eigenvalue weighted by Gasteiger charge is -2.28. The van der Waals surface area contributed by atoms with E-state index >= 15 is 0 Å². The van der Waals surface area contributed by atoms with Gasteiger partial charge in [-0.15, -0.1) is 0 Å². The number of fused-ring (bicyclic) bond motifs is 1. The van der Waals surface area contributed by atoms with Crippen molar-refractivity contribution in [2.24, 2.45) is 0 Å². The maximum atomic E-state index is 12.8. The van der Waals surface area contributed by atoms with Crippen LogP contribution in [-0.2, 0) is 13.0 Å². The minimum atomic E-state index is -0.0724. The lowest BCUT2D eigenvalue weighted by Crippen LogP contribution is -2.36. The van der Waals surface area contributed by atoms with Crippen LogP contribution < -0.4 is 5.32 Å². The van der Waals surface area contributed by atoms with E-state index in [1.54, 1.807) is 18.2 Å². The number of hydrogen-bond acceptors (Lipinski definition) is 4. The normalized spacial score (nSPS) is 13.2. The fourth-order valence-corrected chi connectivity index (χ4v) is 3.41. The fraction of sp³-hybridized carbons (Fsp3) is 0.150. The number of rotatable bonds is 3. The lowest BCUT2D eigenvalue weighted by atomic mass is 9.99. The first kappa shape index (κ1) is 17.8.